The Hall–Kier alpha value is -2.80. The third kappa shape index (κ3) is 2.96. The molecule has 2 aromatic heterocycles. The Labute approximate surface area is 167 Å². The fourth-order valence-electron chi connectivity index (χ4n) is 4.09. The second-order valence-corrected chi connectivity index (χ2v) is 8.41. The van der Waals surface area contributed by atoms with Gasteiger partial charge in [-0.05, 0) is 37.3 Å². The van der Waals surface area contributed by atoms with Crippen LogP contribution in [0.3, 0.4) is 0 Å². The van der Waals surface area contributed by atoms with Crippen molar-refractivity contribution in [2.24, 2.45) is 5.73 Å². The number of hydrogen-bond donors (Lipinski definition) is 2. The highest BCUT2D eigenvalue weighted by atomic mass is 32.2. The fourth-order valence-corrected chi connectivity index (χ4v) is 5.42. The van der Waals surface area contributed by atoms with Gasteiger partial charge in [0.05, 0.1) is 5.69 Å². The van der Waals surface area contributed by atoms with E-state index in [0.29, 0.717) is 6.54 Å². The number of hydrogen-bond acceptors (Lipinski definition) is 5. The number of primary amides is 1. The van der Waals surface area contributed by atoms with Crippen molar-refractivity contribution in [1.29, 1.82) is 0 Å². The van der Waals surface area contributed by atoms with Crippen LogP contribution in [-0.2, 0) is 11.3 Å². The molecule has 28 heavy (non-hydrogen) atoms. The molecule has 1 atom stereocenters. The molecule has 0 saturated carbocycles. The lowest BCUT2D eigenvalue weighted by molar-refractivity contribution is -0.119. The molecule has 0 radical (unpaired) electrons. The number of benzene rings is 1. The summed E-state index contributed by atoms with van der Waals surface area (Å²) in [5, 5.41) is 0.723. The highest BCUT2D eigenvalue weighted by Gasteiger charge is 2.36. The van der Waals surface area contributed by atoms with Crippen LogP contribution in [0.15, 0.2) is 53.5 Å². The Bertz CT molecular complexity index is 1070. The molecule has 3 N–H and O–H groups in total. The largest absolute Gasteiger partial charge is 0.367 e. The topological polar surface area (TPSA) is 87.9 Å². The van der Waals surface area contributed by atoms with E-state index < -0.39 is 0 Å². The van der Waals surface area contributed by atoms with Crippen LogP contribution in [-0.4, -0.2) is 31.1 Å². The van der Waals surface area contributed by atoms with Crippen molar-refractivity contribution >= 4 is 28.7 Å². The van der Waals surface area contributed by atoms with E-state index in [0.717, 1.165) is 40.7 Å². The quantitative estimate of drug-likeness (QED) is 0.707. The molecule has 5 rings (SSSR count). The van der Waals surface area contributed by atoms with Gasteiger partial charge >= 0.3 is 0 Å². The summed E-state index contributed by atoms with van der Waals surface area (Å²) < 4.78 is 0. The molecule has 0 spiro atoms. The van der Waals surface area contributed by atoms with Crippen LogP contribution in [0.25, 0.3) is 22.3 Å². The molecule has 1 amide bonds. The lowest BCUT2D eigenvalue weighted by atomic mass is 10.0. The number of aromatic nitrogens is 3. The molecule has 2 aliphatic rings. The minimum atomic E-state index is -0.288. The third-order valence-electron chi connectivity index (χ3n) is 5.45. The van der Waals surface area contributed by atoms with Gasteiger partial charge in [0.15, 0.2) is 5.37 Å². The van der Waals surface area contributed by atoms with Crippen LogP contribution in [0, 0.1) is 0 Å². The fraction of sp³-hybridized carbons (Fsp3) is 0.286. The van der Waals surface area contributed by atoms with Crippen LogP contribution in [0.4, 0.5) is 0 Å². The van der Waals surface area contributed by atoms with Gasteiger partial charge in [-0.1, -0.05) is 36.0 Å². The van der Waals surface area contributed by atoms with E-state index in [1.807, 2.05) is 12.3 Å². The summed E-state index contributed by atoms with van der Waals surface area (Å²) in [6.45, 7) is 0.697. The molecular formula is C21H21N5OS. The molecule has 1 aliphatic heterocycles. The number of allylic oxidation sites excluding steroid dienone is 2. The van der Waals surface area contributed by atoms with Crippen molar-refractivity contribution in [2.45, 2.75) is 37.6 Å². The molecule has 7 heteroatoms. The lowest BCUT2D eigenvalue weighted by Gasteiger charge is -2.28. The zero-order valence-electron chi connectivity index (χ0n) is 15.4. The zero-order chi connectivity index (χ0) is 19.1. The highest BCUT2D eigenvalue weighted by molar-refractivity contribution is 8.04. The molecule has 0 fully saturated rings. The van der Waals surface area contributed by atoms with Gasteiger partial charge in [-0.15, -0.1) is 0 Å². The normalized spacial score (nSPS) is 19.3. The molecule has 1 unspecified atom stereocenters. The van der Waals surface area contributed by atoms with E-state index in [1.165, 1.54) is 23.4 Å². The number of H-pyrrole nitrogens is 1. The van der Waals surface area contributed by atoms with E-state index in [4.69, 9.17) is 5.73 Å². The third-order valence-corrected chi connectivity index (χ3v) is 6.88. The first-order chi connectivity index (χ1) is 13.7. The SMILES string of the molecule is NC(=O)C1SC2=C(CCCC2)N1Cc1ccc(-c2ncnc3[nH]ccc23)cc1. The molecule has 3 aromatic rings. The summed E-state index contributed by atoms with van der Waals surface area (Å²) in [4.78, 5) is 27.4. The minimum Gasteiger partial charge on any atom is -0.367 e. The standard InChI is InChI=1S/C21H21N5OS/c22-19(27)21-26(16-3-1-2-4-17(16)28-21)11-13-5-7-14(8-6-13)18-15-9-10-23-20(15)25-12-24-18/h5-10,12,21H,1-4,11H2,(H2,22,27)(H,23,24,25). The average molecular weight is 392 g/mol. The number of rotatable bonds is 4. The number of thioether (sulfide) groups is 1. The van der Waals surface area contributed by atoms with Crippen LogP contribution >= 0.6 is 11.8 Å². The number of fused-ring (bicyclic) bond motifs is 1. The average Bonchev–Trinajstić information content (AvgIpc) is 3.34. The molecular weight excluding hydrogens is 370 g/mol. The first-order valence-corrected chi connectivity index (χ1v) is 10.4. The summed E-state index contributed by atoms with van der Waals surface area (Å²) in [5.74, 6) is -0.258. The van der Waals surface area contributed by atoms with E-state index >= 15 is 0 Å². The maximum Gasteiger partial charge on any atom is 0.251 e. The Morgan fingerprint density at radius 1 is 1.18 bits per heavy atom. The second kappa shape index (κ2) is 6.98. The van der Waals surface area contributed by atoms with Crippen LogP contribution < -0.4 is 5.73 Å². The number of nitrogens with zero attached hydrogens (tertiary/aromatic N) is 3. The molecule has 1 aliphatic carbocycles. The molecule has 1 aromatic carbocycles. The second-order valence-electron chi connectivity index (χ2n) is 7.24. The van der Waals surface area contributed by atoms with Crippen LogP contribution in [0.2, 0.25) is 0 Å². The summed E-state index contributed by atoms with van der Waals surface area (Å²) in [6.07, 6.45) is 7.95. The van der Waals surface area contributed by atoms with Crippen molar-refractivity contribution < 1.29 is 4.79 Å². The smallest absolute Gasteiger partial charge is 0.251 e. The van der Waals surface area contributed by atoms with Crippen molar-refractivity contribution in [1.82, 2.24) is 19.9 Å². The highest BCUT2D eigenvalue weighted by Crippen LogP contribution is 2.45. The summed E-state index contributed by atoms with van der Waals surface area (Å²) in [7, 11) is 0. The number of aromatic amines is 1. The van der Waals surface area contributed by atoms with Gasteiger partial charge in [-0.3, -0.25) is 4.79 Å². The van der Waals surface area contributed by atoms with Gasteiger partial charge < -0.3 is 15.6 Å². The van der Waals surface area contributed by atoms with E-state index in [2.05, 4.69) is 44.1 Å². The van der Waals surface area contributed by atoms with Gasteiger partial charge in [-0.2, -0.15) is 0 Å². The van der Waals surface area contributed by atoms with Gasteiger partial charge in [0.25, 0.3) is 5.91 Å². The Morgan fingerprint density at radius 3 is 2.82 bits per heavy atom. The minimum absolute atomic E-state index is 0.258. The van der Waals surface area contributed by atoms with Gasteiger partial charge in [0.1, 0.15) is 12.0 Å². The molecule has 142 valence electrons. The van der Waals surface area contributed by atoms with Crippen LogP contribution in [0.1, 0.15) is 31.2 Å². The number of nitrogens with one attached hydrogen (secondary N) is 1. The van der Waals surface area contributed by atoms with Crippen molar-refractivity contribution in [3.05, 3.63) is 59.0 Å². The maximum atomic E-state index is 12.0. The first-order valence-electron chi connectivity index (χ1n) is 9.53. The molecule has 3 heterocycles. The summed E-state index contributed by atoms with van der Waals surface area (Å²) in [6, 6.07) is 10.4. The van der Waals surface area contributed by atoms with Gasteiger partial charge in [0.2, 0.25) is 0 Å². The van der Waals surface area contributed by atoms with Crippen molar-refractivity contribution in [3.63, 3.8) is 0 Å². The van der Waals surface area contributed by atoms with Gasteiger partial charge in [-0.25, -0.2) is 9.97 Å². The van der Waals surface area contributed by atoms with Crippen LogP contribution in [0.5, 0.6) is 0 Å². The summed E-state index contributed by atoms with van der Waals surface area (Å²) in [5.41, 5.74) is 11.0. The predicted octanol–water partition coefficient (Wildman–Crippen LogP) is 3.77. The van der Waals surface area contributed by atoms with E-state index in [1.54, 1.807) is 18.1 Å². The lowest BCUT2D eigenvalue weighted by Crippen LogP contribution is -2.38. The number of carbonyl (C=O) groups is 1. The Balaban J connectivity index is 1.42. The monoisotopic (exact) mass is 391 g/mol. The predicted molar refractivity (Wildman–Crippen MR) is 111 cm³/mol. The van der Waals surface area contributed by atoms with Gasteiger partial charge in [0, 0.05) is 34.3 Å². The molecule has 6 nitrogen and oxygen atoms in total. The Morgan fingerprint density at radius 2 is 2.00 bits per heavy atom. The molecule has 0 saturated heterocycles. The number of amides is 1. The van der Waals surface area contributed by atoms with E-state index in [-0.39, 0.29) is 11.3 Å². The number of nitrogens with two attached hydrogens (primary N) is 1. The first kappa shape index (κ1) is 17.3. The van der Waals surface area contributed by atoms with Crippen molar-refractivity contribution in [2.75, 3.05) is 0 Å². The van der Waals surface area contributed by atoms with Crippen molar-refractivity contribution in [3.8, 4) is 11.3 Å². The number of carbonyl (C=O) groups excluding carboxylic acids is 1. The molecule has 0 bridgehead atoms. The van der Waals surface area contributed by atoms with E-state index in [9.17, 15) is 4.79 Å². The Kier molecular flexibility index (Phi) is 4.31. The summed E-state index contributed by atoms with van der Waals surface area (Å²) >= 11 is 1.64. The zero-order valence-corrected chi connectivity index (χ0v) is 16.2. The maximum absolute atomic E-state index is 12.0.